The Labute approximate surface area is 467 Å². The van der Waals surface area contributed by atoms with Crippen LogP contribution < -0.4 is 16.0 Å². The van der Waals surface area contributed by atoms with Gasteiger partial charge >= 0.3 is 11.9 Å². The van der Waals surface area contributed by atoms with E-state index >= 15 is 0 Å². The fourth-order valence-corrected chi connectivity index (χ4v) is 12.6. The first kappa shape index (κ1) is 58.7. The van der Waals surface area contributed by atoms with E-state index in [4.69, 9.17) is 9.47 Å². The van der Waals surface area contributed by atoms with Crippen molar-refractivity contribution in [3.63, 3.8) is 0 Å². The van der Waals surface area contributed by atoms with Gasteiger partial charge in [-0.2, -0.15) is 0 Å². The summed E-state index contributed by atoms with van der Waals surface area (Å²) in [4.78, 5) is 68.9. The van der Waals surface area contributed by atoms with Crippen molar-refractivity contribution in [2.24, 2.45) is 0 Å². The molecule has 14 heteroatoms. The molecule has 0 spiro atoms. The van der Waals surface area contributed by atoms with Gasteiger partial charge in [0.25, 0.3) is 0 Å². The molecule has 1 saturated carbocycles. The zero-order valence-corrected chi connectivity index (χ0v) is 46.4. The highest BCUT2D eigenvalue weighted by atomic mass is 32.2. The molecule has 78 heavy (non-hydrogen) atoms. The highest BCUT2D eigenvalue weighted by molar-refractivity contribution is 8.00. The Balaban J connectivity index is 1.11. The molecule has 7 rings (SSSR count). The zero-order valence-electron chi connectivity index (χ0n) is 44.7. The maximum absolute atomic E-state index is 14.8. The van der Waals surface area contributed by atoms with E-state index in [0.29, 0.717) is 25.0 Å². The number of carbonyl (C=O) groups excluding carboxylic acids is 5. The summed E-state index contributed by atoms with van der Waals surface area (Å²) < 4.78 is 8.97. The maximum Gasteiger partial charge on any atom is 0.308 e. The average molecular weight is 1090 g/mol. The number of amides is 3. The molecule has 0 saturated heterocycles. The smallest absolute Gasteiger partial charge is 0.308 e. The number of methoxy groups -OCH3 is 1. The Morgan fingerprint density at radius 3 is 1.40 bits per heavy atom. The molecule has 408 valence electrons. The third kappa shape index (κ3) is 15.4. The molecule has 0 aliphatic heterocycles. The Morgan fingerprint density at radius 1 is 0.577 bits per heavy atom. The summed E-state index contributed by atoms with van der Waals surface area (Å²) >= 11 is 3.21. The van der Waals surface area contributed by atoms with Crippen LogP contribution in [0.4, 0.5) is 0 Å². The molecule has 1 aliphatic carbocycles. The first-order chi connectivity index (χ1) is 37.6. The molecule has 0 unspecified atom stereocenters. The van der Waals surface area contributed by atoms with Crippen molar-refractivity contribution in [1.82, 2.24) is 16.0 Å². The van der Waals surface area contributed by atoms with E-state index in [1.54, 1.807) is 38.6 Å². The van der Waals surface area contributed by atoms with Gasteiger partial charge in [-0.15, -0.1) is 23.5 Å². The third-order valence-corrected chi connectivity index (χ3v) is 16.9. The number of aliphatic hydroxyl groups excluding tert-OH is 2. The standard InChI is InChI=1S/C64H71N3O9S2/c1-61(2,3)76-57(71)39-38-53(65-56(70)43-52(68)37-23-24-42-77-63(46-25-11-5-12-26-46,47-27-13-6-14-28-47)48-29-15-7-16-30-48)59(73)66-54(60(74)67-62(40-41-62)55(69)44-58(72)75-4)45-78-64(49-31-17-8-18-32-49,50-33-19-9-20-34-50)51-35-21-10-22-36-51/h5-23,25-37,52-55,68-69H,24,38-45H2,1-4H3,(H,65,70)(H,66,73)(H,67,74)/b37-23+/t52-,53-,54-,55+/m1/s1. The highest BCUT2D eigenvalue weighted by Gasteiger charge is 2.52. The lowest BCUT2D eigenvalue weighted by Gasteiger charge is -2.37. The minimum absolute atomic E-state index is 0.0167. The summed E-state index contributed by atoms with van der Waals surface area (Å²) in [7, 11) is 1.22. The summed E-state index contributed by atoms with van der Waals surface area (Å²) in [5, 5.41) is 31.1. The fraction of sp³-hybridized carbons (Fsp3) is 0.328. The van der Waals surface area contributed by atoms with Gasteiger partial charge in [0.2, 0.25) is 17.7 Å². The lowest BCUT2D eigenvalue weighted by molar-refractivity contribution is -0.155. The summed E-state index contributed by atoms with van der Waals surface area (Å²) in [5.41, 5.74) is 4.17. The number of ether oxygens (including phenoxy) is 2. The van der Waals surface area contributed by atoms with Gasteiger partial charge in [-0.3, -0.25) is 24.0 Å². The zero-order chi connectivity index (χ0) is 55.6. The lowest BCUT2D eigenvalue weighted by Crippen LogP contribution is -2.58. The second-order valence-corrected chi connectivity index (χ2v) is 23.0. The Kier molecular flexibility index (Phi) is 20.7. The molecular weight excluding hydrogens is 1020 g/mol. The number of nitrogens with one attached hydrogen (secondary N) is 3. The quantitative estimate of drug-likeness (QED) is 0.0143. The molecule has 1 fully saturated rings. The number of allylic oxidation sites excluding steroid dienone is 1. The van der Waals surface area contributed by atoms with Gasteiger partial charge in [0.15, 0.2) is 0 Å². The average Bonchev–Trinajstić information content (AvgIpc) is 4.32. The van der Waals surface area contributed by atoms with Crippen LogP contribution in [0.2, 0.25) is 0 Å². The molecule has 12 nitrogen and oxygen atoms in total. The van der Waals surface area contributed by atoms with Crippen LogP contribution in [0.25, 0.3) is 0 Å². The molecule has 0 bridgehead atoms. The molecule has 0 heterocycles. The van der Waals surface area contributed by atoms with E-state index in [0.717, 1.165) is 33.4 Å². The van der Waals surface area contributed by atoms with Crippen molar-refractivity contribution >= 4 is 53.2 Å². The Morgan fingerprint density at radius 2 is 1.00 bits per heavy atom. The predicted molar refractivity (Wildman–Crippen MR) is 309 cm³/mol. The van der Waals surface area contributed by atoms with E-state index in [9.17, 15) is 34.2 Å². The third-order valence-electron chi connectivity index (χ3n) is 13.6. The number of carbonyl (C=O) groups is 5. The van der Waals surface area contributed by atoms with Crippen molar-refractivity contribution < 1.29 is 43.7 Å². The number of thioether (sulfide) groups is 2. The topological polar surface area (TPSA) is 180 Å². The predicted octanol–water partition coefficient (Wildman–Crippen LogP) is 9.80. The second-order valence-electron chi connectivity index (χ2n) is 20.5. The van der Waals surface area contributed by atoms with Crippen molar-refractivity contribution in [2.45, 2.75) is 111 Å². The monoisotopic (exact) mass is 1090 g/mol. The molecule has 1 aliphatic rings. The molecule has 5 N–H and O–H groups in total. The van der Waals surface area contributed by atoms with Crippen LogP contribution in [0.1, 0.15) is 99.1 Å². The molecule has 0 aromatic heterocycles. The number of benzene rings is 6. The van der Waals surface area contributed by atoms with Gasteiger partial charge in [0, 0.05) is 12.2 Å². The number of hydrogen-bond donors (Lipinski definition) is 5. The second kappa shape index (κ2) is 27.6. The van der Waals surface area contributed by atoms with Gasteiger partial charge in [0.1, 0.15) is 17.7 Å². The summed E-state index contributed by atoms with van der Waals surface area (Å²) in [5.74, 6) is -2.61. The SMILES string of the molecule is COC(=O)C[C@H](O)C1(NC(=O)[C@@H](CSC(c2ccccc2)(c2ccccc2)c2ccccc2)NC(=O)[C@@H](CCC(=O)OC(C)(C)C)NC(=O)C[C@H](O)/C=C/CCSC(c2ccccc2)(c2ccccc2)c2ccccc2)CC1. The summed E-state index contributed by atoms with van der Waals surface area (Å²) in [6, 6.07) is 58.0. The molecule has 0 radical (unpaired) electrons. The summed E-state index contributed by atoms with van der Waals surface area (Å²) in [6.07, 6.45) is 1.10. The van der Waals surface area contributed by atoms with E-state index < -0.39 is 81.0 Å². The number of aliphatic hydroxyl groups is 2. The molecule has 4 atom stereocenters. The van der Waals surface area contributed by atoms with Crippen molar-refractivity contribution in [3.8, 4) is 0 Å². The molecule has 6 aromatic rings. The molecule has 3 amide bonds. The number of hydrogen-bond acceptors (Lipinski definition) is 11. The van der Waals surface area contributed by atoms with Gasteiger partial charge in [0.05, 0.1) is 47.2 Å². The molecular formula is C64H71N3O9S2. The first-order valence-electron chi connectivity index (χ1n) is 26.4. The van der Waals surface area contributed by atoms with Crippen LogP contribution in [0.3, 0.4) is 0 Å². The van der Waals surface area contributed by atoms with Gasteiger partial charge in [-0.05, 0) is 85.6 Å². The van der Waals surface area contributed by atoms with Crippen LogP contribution in [0.15, 0.2) is 194 Å². The first-order valence-corrected chi connectivity index (χ1v) is 28.4. The van der Waals surface area contributed by atoms with Crippen LogP contribution in [0, 0.1) is 0 Å². The minimum atomic E-state index is -1.35. The van der Waals surface area contributed by atoms with E-state index in [1.165, 1.54) is 18.9 Å². The van der Waals surface area contributed by atoms with Crippen LogP contribution in [-0.2, 0) is 42.9 Å². The van der Waals surface area contributed by atoms with Gasteiger partial charge in [-0.1, -0.05) is 194 Å². The van der Waals surface area contributed by atoms with Crippen LogP contribution >= 0.6 is 23.5 Å². The number of esters is 2. The van der Waals surface area contributed by atoms with Gasteiger partial charge < -0.3 is 35.6 Å². The van der Waals surface area contributed by atoms with Crippen LogP contribution in [0.5, 0.6) is 0 Å². The van der Waals surface area contributed by atoms with E-state index in [2.05, 4.69) is 52.3 Å². The van der Waals surface area contributed by atoms with Crippen LogP contribution in [-0.4, -0.2) is 93.9 Å². The van der Waals surface area contributed by atoms with Gasteiger partial charge in [-0.25, -0.2) is 0 Å². The Bertz CT molecular complexity index is 2710. The normalized spacial score (nSPS) is 14.7. The van der Waals surface area contributed by atoms with Crippen molar-refractivity contribution in [3.05, 3.63) is 228 Å². The fourth-order valence-electron chi connectivity index (χ4n) is 9.61. The highest BCUT2D eigenvalue weighted by Crippen LogP contribution is 2.50. The number of rotatable bonds is 27. The maximum atomic E-state index is 14.8. The lowest BCUT2D eigenvalue weighted by atomic mass is 9.84. The van der Waals surface area contributed by atoms with Crippen molar-refractivity contribution in [2.75, 3.05) is 18.6 Å². The van der Waals surface area contributed by atoms with E-state index in [-0.39, 0.29) is 25.0 Å². The molecule has 6 aromatic carbocycles. The largest absolute Gasteiger partial charge is 0.469 e. The van der Waals surface area contributed by atoms with E-state index in [1.807, 2.05) is 152 Å². The Hall–Kier alpha value is -6.97. The van der Waals surface area contributed by atoms with Crippen molar-refractivity contribution in [1.29, 1.82) is 0 Å². The summed E-state index contributed by atoms with van der Waals surface area (Å²) in [6.45, 7) is 5.19. The minimum Gasteiger partial charge on any atom is -0.469 e.